The van der Waals surface area contributed by atoms with E-state index in [0.29, 0.717) is 11.6 Å². The van der Waals surface area contributed by atoms with Crippen LogP contribution >= 0.6 is 11.8 Å². The van der Waals surface area contributed by atoms with E-state index in [-0.39, 0.29) is 12.3 Å². The summed E-state index contributed by atoms with van der Waals surface area (Å²) < 4.78 is 0. The van der Waals surface area contributed by atoms with Crippen molar-refractivity contribution < 1.29 is 14.7 Å². The summed E-state index contributed by atoms with van der Waals surface area (Å²) in [4.78, 5) is 24.5. The third kappa shape index (κ3) is 2.85. The fraction of sp³-hybridized carbons (Fsp3) is 0.385. The second kappa shape index (κ2) is 5.44. The van der Waals surface area contributed by atoms with E-state index < -0.39 is 12.0 Å². The summed E-state index contributed by atoms with van der Waals surface area (Å²) in [6.45, 7) is 1.99. The van der Waals surface area contributed by atoms with E-state index in [1.807, 2.05) is 31.2 Å². The van der Waals surface area contributed by atoms with Gasteiger partial charge in [-0.05, 0) is 12.5 Å². The minimum atomic E-state index is -0.919. The molecule has 1 N–H and O–H groups in total. The third-order valence-corrected chi connectivity index (χ3v) is 3.98. The molecule has 1 amide bonds. The Labute approximate surface area is 110 Å². The standard InChI is InChI=1S/C13H15NO3S/c1-9-2-4-10(5-3-9)6-12(15)14-8-18-7-11(14)13(16)17/h2-5,11H,6-8H2,1H3,(H,16,17). The molecule has 1 aromatic rings. The van der Waals surface area contributed by atoms with E-state index >= 15 is 0 Å². The van der Waals surface area contributed by atoms with Gasteiger partial charge in [0.05, 0.1) is 12.3 Å². The van der Waals surface area contributed by atoms with Gasteiger partial charge in [0.1, 0.15) is 6.04 Å². The Hall–Kier alpha value is -1.49. The first kappa shape index (κ1) is 13.0. The van der Waals surface area contributed by atoms with Crippen LogP contribution in [0.1, 0.15) is 11.1 Å². The van der Waals surface area contributed by atoms with Crippen molar-refractivity contribution in [2.24, 2.45) is 0 Å². The molecule has 0 aliphatic carbocycles. The molecule has 1 fully saturated rings. The van der Waals surface area contributed by atoms with E-state index in [9.17, 15) is 9.59 Å². The van der Waals surface area contributed by atoms with Gasteiger partial charge in [-0.3, -0.25) is 4.79 Å². The smallest absolute Gasteiger partial charge is 0.327 e. The maximum Gasteiger partial charge on any atom is 0.327 e. The van der Waals surface area contributed by atoms with Gasteiger partial charge < -0.3 is 10.0 Å². The highest BCUT2D eigenvalue weighted by molar-refractivity contribution is 7.99. The van der Waals surface area contributed by atoms with E-state index in [2.05, 4.69) is 0 Å². The topological polar surface area (TPSA) is 57.6 Å². The van der Waals surface area contributed by atoms with Gasteiger partial charge in [0.15, 0.2) is 0 Å². The normalized spacial score (nSPS) is 18.9. The zero-order chi connectivity index (χ0) is 13.1. The number of carboxylic acid groups (broad SMARTS) is 1. The number of nitrogens with zero attached hydrogens (tertiary/aromatic N) is 1. The molecule has 2 rings (SSSR count). The highest BCUT2D eigenvalue weighted by Gasteiger charge is 2.34. The van der Waals surface area contributed by atoms with Crippen LogP contribution < -0.4 is 0 Å². The van der Waals surface area contributed by atoms with Crippen LogP contribution in [0.25, 0.3) is 0 Å². The Morgan fingerprint density at radius 3 is 2.67 bits per heavy atom. The zero-order valence-electron chi connectivity index (χ0n) is 10.1. The molecule has 0 spiro atoms. The Balaban J connectivity index is 2.03. The van der Waals surface area contributed by atoms with Gasteiger partial charge in [-0.2, -0.15) is 0 Å². The SMILES string of the molecule is Cc1ccc(CC(=O)N2CSCC2C(=O)O)cc1. The molecule has 0 bridgehead atoms. The van der Waals surface area contributed by atoms with Gasteiger partial charge in [0.25, 0.3) is 0 Å². The van der Waals surface area contributed by atoms with Crippen molar-refractivity contribution in [3.05, 3.63) is 35.4 Å². The maximum absolute atomic E-state index is 12.1. The van der Waals surface area contributed by atoms with Crippen LogP contribution in [0.15, 0.2) is 24.3 Å². The first-order chi connectivity index (χ1) is 8.58. The molecule has 1 atom stereocenters. The lowest BCUT2D eigenvalue weighted by atomic mass is 10.1. The summed E-state index contributed by atoms with van der Waals surface area (Å²) in [6, 6.07) is 7.05. The summed E-state index contributed by atoms with van der Waals surface area (Å²) >= 11 is 1.48. The summed E-state index contributed by atoms with van der Waals surface area (Å²) in [5.74, 6) is -0.0788. The summed E-state index contributed by atoms with van der Waals surface area (Å²) in [5, 5.41) is 9.03. The van der Waals surface area contributed by atoms with E-state index in [0.717, 1.165) is 11.1 Å². The molecule has 1 unspecified atom stereocenters. The van der Waals surface area contributed by atoms with Crippen LogP contribution in [-0.4, -0.2) is 39.6 Å². The molecule has 1 aliphatic heterocycles. The van der Waals surface area contributed by atoms with Crippen molar-refractivity contribution in [3.8, 4) is 0 Å². The number of carbonyl (C=O) groups excluding carboxylic acids is 1. The number of carboxylic acids is 1. The number of thioether (sulfide) groups is 1. The molecule has 1 aliphatic rings. The Bertz CT molecular complexity index is 458. The number of aryl methyl sites for hydroxylation is 1. The van der Waals surface area contributed by atoms with E-state index in [4.69, 9.17) is 5.11 Å². The molecule has 0 aromatic heterocycles. The van der Waals surface area contributed by atoms with Gasteiger partial charge in [-0.15, -0.1) is 11.8 Å². The lowest BCUT2D eigenvalue weighted by molar-refractivity contribution is -0.147. The quantitative estimate of drug-likeness (QED) is 0.900. The van der Waals surface area contributed by atoms with Crippen molar-refractivity contribution in [2.45, 2.75) is 19.4 Å². The molecule has 18 heavy (non-hydrogen) atoms. The van der Waals surface area contributed by atoms with Crippen LogP contribution in [-0.2, 0) is 16.0 Å². The average molecular weight is 265 g/mol. The van der Waals surface area contributed by atoms with Crippen molar-refractivity contribution in [1.29, 1.82) is 0 Å². The van der Waals surface area contributed by atoms with Crippen LogP contribution in [0.3, 0.4) is 0 Å². The van der Waals surface area contributed by atoms with Crippen LogP contribution in [0.5, 0.6) is 0 Å². The number of aliphatic carboxylic acids is 1. The molecular formula is C13H15NO3S. The number of rotatable bonds is 3. The second-order valence-corrected chi connectivity index (χ2v) is 5.38. The van der Waals surface area contributed by atoms with Gasteiger partial charge >= 0.3 is 5.97 Å². The average Bonchev–Trinajstić information content (AvgIpc) is 2.81. The lowest BCUT2D eigenvalue weighted by Crippen LogP contribution is -2.42. The minimum absolute atomic E-state index is 0.115. The first-order valence-corrected chi connectivity index (χ1v) is 6.89. The fourth-order valence-electron chi connectivity index (χ4n) is 1.88. The largest absolute Gasteiger partial charge is 0.480 e. The molecule has 0 radical (unpaired) electrons. The first-order valence-electron chi connectivity index (χ1n) is 5.73. The number of carbonyl (C=O) groups is 2. The van der Waals surface area contributed by atoms with Crippen LogP contribution in [0, 0.1) is 6.92 Å². The zero-order valence-corrected chi connectivity index (χ0v) is 10.9. The van der Waals surface area contributed by atoms with Gasteiger partial charge in [-0.1, -0.05) is 29.8 Å². The molecule has 1 heterocycles. The monoisotopic (exact) mass is 265 g/mol. The van der Waals surface area contributed by atoms with Crippen molar-refractivity contribution in [1.82, 2.24) is 4.90 Å². The summed E-state index contributed by atoms with van der Waals surface area (Å²) in [6.07, 6.45) is 0.268. The summed E-state index contributed by atoms with van der Waals surface area (Å²) in [5.41, 5.74) is 2.07. The lowest BCUT2D eigenvalue weighted by Gasteiger charge is -2.20. The van der Waals surface area contributed by atoms with Crippen molar-refractivity contribution in [2.75, 3.05) is 11.6 Å². The van der Waals surface area contributed by atoms with Gasteiger partial charge in [0, 0.05) is 5.75 Å². The number of amides is 1. The third-order valence-electron chi connectivity index (χ3n) is 2.96. The van der Waals surface area contributed by atoms with Crippen LogP contribution in [0.2, 0.25) is 0 Å². The maximum atomic E-state index is 12.1. The molecule has 5 heteroatoms. The highest BCUT2D eigenvalue weighted by atomic mass is 32.2. The Morgan fingerprint density at radius 2 is 2.06 bits per heavy atom. The molecule has 1 saturated heterocycles. The second-order valence-electron chi connectivity index (χ2n) is 4.38. The predicted octanol–water partition coefficient (Wildman–Crippen LogP) is 1.52. The molecule has 0 saturated carbocycles. The predicted molar refractivity (Wildman–Crippen MR) is 70.5 cm³/mol. The number of hydrogen-bond donors (Lipinski definition) is 1. The van der Waals surface area contributed by atoms with Gasteiger partial charge in [0.2, 0.25) is 5.91 Å². The highest BCUT2D eigenvalue weighted by Crippen LogP contribution is 2.22. The summed E-state index contributed by atoms with van der Waals surface area (Å²) in [7, 11) is 0. The molecule has 4 nitrogen and oxygen atoms in total. The van der Waals surface area contributed by atoms with Crippen LogP contribution in [0.4, 0.5) is 0 Å². The van der Waals surface area contributed by atoms with Gasteiger partial charge in [-0.25, -0.2) is 4.79 Å². The Morgan fingerprint density at radius 1 is 1.39 bits per heavy atom. The number of benzene rings is 1. The van der Waals surface area contributed by atoms with E-state index in [1.165, 1.54) is 16.7 Å². The fourth-order valence-corrected chi connectivity index (χ4v) is 3.05. The molecule has 1 aromatic carbocycles. The van der Waals surface area contributed by atoms with Crippen molar-refractivity contribution >= 4 is 23.6 Å². The number of hydrogen-bond acceptors (Lipinski definition) is 3. The Kier molecular flexibility index (Phi) is 3.91. The minimum Gasteiger partial charge on any atom is -0.480 e. The molecular weight excluding hydrogens is 250 g/mol. The van der Waals surface area contributed by atoms with Crippen molar-refractivity contribution in [3.63, 3.8) is 0 Å². The van der Waals surface area contributed by atoms with E-state index in [1.54, 1.807) is 0 Å². The molecule has 96 valence electrons.